The van der Waals surface area contributed by atoms with Gasteiger partial charge in [-0.3, -0.25) is 9.69 Å². The van der Waals surface area contributed by atoms with E-state index in [2.05, 4.69) is 11.8 Å². The van der Waals surface area contributed by atoms with Crippen LogP contribution in [-0.4, -0.2) is 42.5 Å². The molecule has 0 aromatic rings. The number of ether oxygens (including phenoxy) is 1. The molecule has 2 heterocycles. The molecule has 2 aliphatic heterocycles. The third kappa shape index (κ3) is 1.95. The van der Waals surface area contributed by atoms with Gasteiger partial charge in [0.15, 0.2) is 5.78 Å². The Hall–Kier alpha value is -0.410. The summed E-state index contributed by atoms with van der Waals surface area (Å²) in [5.74, 6) is 0.308. The summed E-state index contributed by atoms with van der Waals surface area (Å²) in [5.41, 5.74) is -0.262. The van der Waals surface area contributed by atoms with Gasteiger partial charge < -0.3 is 4.74 Å². The number of likely N-dealkylation sites (N-methyl/N-ethyl adjacent to an activating group) is 1. The summed E-state index contributed by atoms with van der Waals surface area (Å²) in [6.45, 7) is 3.87. The normalized spacial score (nSPS) is 38.1. The van der Waals surface area contributed by atoms with E-state index >= 15 is 0 Å². The first-order chi connectivity index (χ1) is 7.14. The van der Waals surface area contributed by atoms with Crippen LogP contribution in [0.25, 0.3) is 0 Å². The Morgan fingerprint density at radius 3 is 2.73 bits per heavy atom. The molecule has 15 heavy (non-hydrogen) atoms. The Morgan fingerprint density at radius 2 is 2.20 bits per heavy atom. The Labute approximate surface area is 91.8 Å². The van der Waals surface area contributed by atoms with Gasteiger partial charge in [-0.1, -0.05) is 0 Å². The van der Waals surface area contributed by atoms with Crippen molar-refractivity contribution in [3.8, 4) is 0 Å². The van der Waals surface area contributed by atoms with Crippen LogP contribution in [0.5, 0.6) is 0 Å². The molecule has 2 atom stereocenters. The molecule has 2 fully saturated rings. The molecule has 1 unspecified atom stereocenters. The lowest BCUT2D eigenvalue weighted by molar-refractivity contribution is -0.142. The van der Waals surface area contributed by atoms with Gasteiger partial charge in [0.05, 0.1) is 5.54 Å². The van der Waals surface area contributed by atoms with Gasteiger partial charge in [-0.15, -0.1) is 0 Å². The van der Waals surface area contributed by atoms with E-state index in [0.717, 1.165) is 45.3 Å². The maximum absolute atomic E-state index is 12.4. The van der Waals surface area contributed by atoms with E-state index in [0.29, 0.717) is 5.78 Å². The lowest BCUT2D eigenvalue weighted by atomic mass is 9.87. The zero-order chi connectivity index (χ0) is 10.9. The first-order valence-electron chi connectivity index (χ1n) is 6.02. The molecule has 2 rings (SSSR count). The number of carbonyl (C=O) groups excluding carboxylic acids is 1. The van der Waals surface area contributed by atoms with Crippen molar-refractivity contribution in [3.63, 3.8) is 0 Å². The largest absolute Gasteiger partial charge is 0.370 e. The number of likely N-dealkylation sites (tertiary alicyclic amines) is 1. The second-order valence-corrected chi connectivity index (χ2v) is 5.02. The Morgan fingerprint density at radius 1 is 1.40 bits per heavy atom. The van der Waals surface area contributed by atoms with Crippen LogP contribution in [0.15, 0.2) is 0 Å². The number of rotatable bonds is 2. The average Bonchev–Trinajstić information content (AvgIpc) is 2.61. The van der Waals surface area contributed by atoms with E-state index in [1.54, 1.807) is 0 Å². The van der Waals surface area contributed by atoms with Crippen molar-refractivity contribution in [1.82, 2.24) is 4.90 Å². The fourth-order valence-corrected chi connectivity index (χ4v) is 2.70. The smallest absolute Gasteiger partial charge is 0.181 e. The van der Waals surface area contributed by atoms with E-state index in [9.17, 15) is 4.79 Å². The number of ketones is 1. The lowest BCUT2D eigenvalue weighted by Crippen LogP contribution is -2.51. The fraction of sp³-hybridized carbons (Fsp3) is 0.917. The average molecular weight is 211 g/mol. The Balaban J connectivity index is 2.05. The van der Waals surface area contributed by atoms with E-state index in [1.165, 1.54) is 0 Å². The monoisotopic (exact) mass is 211 g/mol. The zero-order valence-electron chi connectivity index (χ0n) is 9.79. The molecular weight excluding hydrogens is 190 g/mol. The van der Waals surface area contributed by atoms with Crippen molar-refractivity contribution in [3.05, 3.63) is 0 Å². The van der Waals surface area contributed by atoms with Gasteiger partial charge >= 0.3 is 0 Å². The Bertz CT molecular complexity index is 248. The molecule has 0 aromatic heterocycles. The third-order valence-electron chi connectivity index (χ3n) is 4.00. The third-order valence-corrected chi connectivity index (χ3v) is 4.00. The number of hydrogen-bond acceptors (Lipinski definition) is 3. The molecule has 0 amide bonds. The minimum absolute atomic E-state index is 0.135. The van der Waals surface area contributed by atoms with E-state index in [-0.39, 0.29) is 11.6 Å². The molecule has 0 aromatic carbocycles. The highest BCUT2D eigenvalue weighted by atomic mass is 16.5. The quantitative estimate of drug-likeness (QED) is 0.695. The van der Waals surface area contributed by atoms with Gasteiger partial charge in [0.25, 0.3) is 0 Å². The highest BCUT2D eigenvalue weighted by Crippen LogP contribution is 2.31. The molecular formula is C12H21NO2. The fourth-order valence-electron chi connectivity index (χ4n) is 2.70. The summed E-state index contributed by atoms with van der Waals surface area (Å²) in [5, 5.41) is 0. The second-order valence-electron chi connectivity index (χ2n) is 5.02. The van der Waals surface area contributed by atoms with Crippen LogP contribution in [0, 0.1) is 0 Å². The summed E-state index contributed by atoms with van der Waals surface area (Å²) >= 11 is 0. The first-order valence-corrected chi connectivity index (χ1v) is 6.02. The second kappa shape index (κ2) is 4.22. The zero-order valence-corrected chi connectivity index (χ0v) is 9.79. The van der Waals surface area contributed by atoms with Gasteiger partial charge in [-0.25, -0.2) is 0 Å². The number of Topliss-reactive ketones (excluding diaryl/α,β-unsaturated/α-hetero) is 1. The molecule has 86 valence electrons. The number of hydrogen-bond donors (Lipinski definition) is 0. The summed E-state index contributed by atoms with van der Waals surface area (Å²) < 4.78 is 5.59. The molecule has 0 radical (unpaired) electrons. The minimum Gasteiger partial charge on any atom is -0.370 e. The Kier molecular flexibility index (Phi) is 3.12. The summed E-state index contributed by atoms with van der Waals surface area (Å²) in [6, 6.07) is 0. The van der Waals surface area contributed by atoms with Crippen molar-refractivity contribution in [2.75, 3.05) is 20.2 Å². The van der Waals surface area contributed by atoms with E-state index in [4.69, 9.17) is 4.74 Å². The standard InChI is InChI=1S/C12H21NO2/c1-12(7-5-8-13(12)2)11(14)10-6-3-4-9-15-10/h10H,3-9H2,1-2H3/t10?,12-/m0/s1. The van der Waals surface area contributed by atoms with Crippen LogP contribution in [-0.2, 0) is 9.53 Å². The predicted octanol–water partition coefficient (Wildman–Crippen LogP) is 1.61. The van der Waals surface area contributed by atoms with Crippen molar-refractivity contribution < 1.29 is 9.53 Å². The lowest BCUT2D eigenvalue weighted by Gasteiger charge is -2.35. The van der Waals surface area contributed by atoms with E-state index < -0.39 is 0 Å². The number of nitrogens with zero attached hydrogens (tertiary/aromatic N) is 1. The van der Waals surface area contributed by atoms with Crippen LogP contribution < -0.4 is 0 Å². The summed E-state index contributed by atoms with van der Waals surface area (Å²) in [7, 11) is 2.05. The molecule has 3 heteroatoms. The maximum Gasteiger partial charge on any atom is 0.181 e. The molecule has 0 aliphatic carbocycles. The highest BCUT2D eigenvalue weighted by Gasteiger charge is 2.44. The van der Waals surface area contributed by atoms with Gasteiger partial charge in [-0.2, -0.15) is 0 Å². The molecule has 0 N–H and O–H groups in total. The van der Waals surface area contributed by atoms with Gasteiger partial charge in [-0.05, 0) is 52.6 Å². The van der Waals surface area contributed by atoms with Gasteiger partial charge in [0, 0.05) is 6.61 Å². The maximum atomic E-state index is 12.4. The van der Waals surface area contributed by atoms with Crippen LogP contribution in [0.3, 0.4) is 0 Å². The van der Waals surface area contributed by atoms with Crippen LogP contribution in [0.4, 0.5) is 0 Å². The SMILES string of the molecule is CN1CCC[C@@]1(C)C(=O)C1CCCCO1. The van der Waals surface area contributed by atoms with Crippen molar-refractivity contribution >= 4 is 5.78 Å². The van der Waals surface area contributed by atoms with E-state index in [1.807, 2.05) is 7.05 Å². The topological polar surface area (TPSA) is 29.5 Å². The minimum atomic E-state index is -0.262. The predicted molar refractivity (Wildman–Crippen MR) is 58.9 cm³/mol. The van der Waals surface area contributed by atoms with Gasteiger partial charge in [0.2, 0.25) is 0 Å². The molecule has 0 saturated carbocycles. The van der Waals surface area contributed by atoms with Crippen LogP contribution in [0.1, 0.15) is 39.0 Å². The molecule has 0 spiro atoms. The van der Waals surface area contributed by atoms with Crippen molar-refractivity contribution in [2.45, 2.75) is 50.7 Å². The summed E-state index contributed by atoms with van der Waals surface area (Å²) in [6.07, 6.45) is 5.15. The number of carbonyl (C=O) groups is 1. The van der Waals surface area contributed by atoms with Gasteiger partial charge in [0.1, 0.15) is 6.10 Å². The molecule has 3 nitrogen and oxygen atoms in total. The molecule has 2 aliphatic rings. The molecule has 2 saturated heterocycles. The van der Waals surface area contributed by atoms with Crippen molar-refractivity contribution in [1.29, 1.82) is 0 Å². The highest BCUT2D eigenvalue weighted by molar-refractivity contribution is 5.92. The summed E-state index contributed by atoms with van der Waals surface area (Å²) in [4.78, 5) is 14.6. The van der Waals surface area contributed by atoms with Crippen LogP contribution >= 0.6 is 0 Å². The molecule has 0 bridgehead atoms. The first kappa shape index (κ1) is 11.1. The van der Waals surface area contributed by atoms with Crippen LogP contribution in [0.2, 0.25) is 0 Å². The van der Waals surface area contributed by atoms with Crippen molar-refractivity contribution in [2.24, 2.45) is 0 Å².